The molecule has 7 heteroatoms. The average molecular weight is 312 g/mol. The van der Waals surface area contributed by atoms with Gasteiger partial charge in [-0.3, -0.25) is 19.4 Å². The van der Waals surface area contributed by atoms with Gasteiger partial charge < -0.3 is 15.0 Å². The van der Waals surface area contributed by atoms with Crippen LogP contribution in [0.2, 0.25) is 0 Å². The van der Waals surface area contributed by atoms with E-state index >= 15 is 0 Å². The fourth-order valence-corrected chi connectivity index (χ4v) is 2.33. The predicted molar refractivity (Wildman–Crippen MR) is 87.3 cm³/mol. The first-order chi connectivity index (χ1) is 11.0. The first kappa shape index (κ1) is 14.7. The Morgan fingerprint density at radius 3 is 2.78 bits per heavy atom. The zero-order valence-electron chi connectivity index (χ0n) is 13.0. The van der Waals surface area contributed by atoms with Crippen LogP contribution in [0.1, 0.15) is 12.5 Å². The van der Waals surface area contributed by atoms with Gasteiger partial charge in [0.1, 0.15) is 5.82 Å². The van der Waals surface area contributed by atoms with Crippen molar-refractivity contribution in [1.29, 1.82) is 0 Å². The molecule has 0 fully saturated rings. The number of carbonyl (C=O) groups excluding carboxylic acids is 1. The van der Waals surface area contributed by atoms with Crippen molar-refractivity contribution in [3.05, 3.63) is 51.8 Å². The Bertz CT molecular complexity index is 900. The highest BCUT2D eigenvalue weighted by atomic mass is 16.5. The van der Waals surface area contributed by atoms with E-state index in [9.17, 15) is 9.59 Å². The lowest BCUT2D eigenvalue weighted by Crippen LogP contribution is -2.14. The van der Waals surface area contributed by atoms with Crippen molar-refractivity contribution in [2.24, 2.45) is 7.05 Å². The minimum atomic E-state index is -0.268. The van der Waals surface area contributed by atoms with Crippen LogP contribution in [0.4, 0.5) is 11.5 Å². The molecule has 0 aliphatic carbocycles. The average Bonchev–Trinajstić information content (AvgIpc) is 2.96. The molecule has 2 N–H and O–H groups in total. The molecule has 1 aliphatic rings. The maximum absolute atomic E-state index is 12.1. The van der Waals surface area contributed by atoms with E-state index in [0.29, 0.717) is 17.3 Å². The van der Waals surface area contributed by atoms with Crippen LogP contribution in [0.15, 0.2) is 40.7 Å². The van der Waals surface area contributed by atoms with Gasteiger partial charge in [-0.2, -0.15) is 0 Å². The number of aryl methyl sites for hydroxylation is 1. The van der Waals surface area contributed by atoms with Crippen LogP contribution in [0.3, 0.4) is 0 Å². The van der Waals surface area contributed by atoms with Crippen molar-refractivity contribution in [3.63, 3.8) is 0 Å². The number of aromatic nitrogens is 2. The largest absolute Gasteiger partial charge is 0.432 e. The summed E-state index contributed by atoms with van der Waals surface area (Å²) in [5.74, 6) is 1.27. The number of hydrogen-bond acceptors (Lipinski definition) is 4. The van der Waals surface area contributed by atoms with Crippen molar-refractivity contribution < 1.29 is 9.53 Å². The molecule has 0 unspecified atom stereocenters. The summed E-state index contributed by atoms with van der Waals surface area (Å²) in [7, 11) is 3.43. The summed E-state index contributed by atoms with van der Waals surface area (Å²) in [6, 6.07) is 7.60. The lowest BCUT2D eigenvalue weighted by atomic mass is 10.3. The number of ether oxygens (including phenoxy) is 1. The molecule has 7 nitrogen and oxygen atoms in total. The Hall–Kier alpha value is -3.18. The SMILES string of the molecule is CC(=O)Nc1[nH]n(C)c(=O)c1C=C=C1Oc2ccccc2N1C. The Labute approximate surface area is 132 Å². The number of amides is 1. The standard InChI is InChI=1S/C16H16N4O3/c1-10(21)17-15-11(16(22)20(3)18-15)8-9-14-19(2)12-6-4-5-7-13(12)23-14/h4-8,18H,1-3H3,(H,17,21). The number of fused-ring (bicyclic) bond motifs is 1. The Morgan fingerprint density at radius 2 is 2.09 bits per heavy atom. The van der Waals surface area contributed by atoms with Crippen LogP contribution >= 0.6 is 0 Å². The van der Waals surface area contributed by atoms with Gasteiger partial charge in [0.15, 0.2) is 5.75 Å². The number of rotatable bonds is 2. The summed E-state index contributed by atoms with van der Waals surface area (Å²) < 4.78 is 6.99. The number of hydrogen-bond donors (Lipinski definition) is 2. The van der Waals surface area contributed by atoms with E-state index in [1.54, 1.807) is 7.05 Å². The lowest BCUT2D eigenvalue weighted by Gasteiger charge is -2.07. The van der Waals surface area contributed by atoms with Gasteiger partial charge in [0.05, 0.1) is 11.3 Å². The zero-order valence-corrected chi connectivity index (χ0v) is 13.0. The number of aromatic amines is 1. The van der Waals surface area contributed by atoms with Gasteiger partial charge >= 0.3 is 0 Å². The van der Waals surface area contributed by atoms with E-state index in [0.717, 1.165) is 11.4 Å². The van der Waals surface area contributed by atoms with Crippen molar-refractivity contribution in [1.82, 2.24) is 9.78 Å². The Morgan fingerprint density at radius 1 is 1.35 bits per heavy atom. The van der Waals surface area contributed by atoms with E-state index in [4.69, 9.17) is 4.74 Å². The lowest BCUT2D eigenvalue weighted by molar-refractivity contribution is -0.114. The van der Waals surface area contributed by atoms with Gasteiger partial charge in [0.25, 0.3) is 5.56 Å². The fraction of sp³-hybridized carbons (Fsp3) is 0.188. The summed E-state index contributed by atoms with van der Waals surface area (Å²) >= 11 is 0. The maximum atomic E-state index is 12.1. The van der Waals surface area contributed by atoms with Crippen molar-refractivity contribution >= 4 is 23.5 Å². The highest BCUT2D eigenvalue weighted by molar-refractivity contribution is 5.89. The van der Waals surface area contributed by atoms with Gasteiger partial charge in [-0.1, -0.05) is 17.9 Å². The van der Waals surface area contributed by atoms with Crippen molar-refractivity contribution in [2.75, 3.05) is 17.3 Å². The minimum Gasteiger partial charge on any atom is -0.432 e. The molecule has 1 aromatic heterocycles. The summed E-state index contributed by atoms with van der Waals surface area (Å²) in [5, 5.41) is 5.37. The topological polar surface area (TPSA) is 79.4 Å². The molecule has 0 saturated carbocycles. The molecule has 23 heavy (non-hydrogen) atoms. The molecule has 0 spiro atoms. The summed E-state index contributed by atoms with van der Waals surface area (Å²) in [4.78, 5) is 25.2. The van der Waals surface area contributed by atoms with E-state index in [1.807, 2.05) is 36.2 Å². The van der Waals surface area contributed by atoms with Crippen LogP contribution in [0.5, 0.6) is 5.75 Å². The summed E-state index contributed by atoms with van der Waals surface area (Å²) in [5.41, 5.74) is 3.94. The van der Waals surface area contributed by atoms with E-state index in [-0.39, 0.29) is 11.5 Å². The van der Waals surface area contributed by atoms with Crippen molar-refractivity contribution in [3.8, 4) is 5.75 Å². The number of nitrogens with one attached hydrogen (secondary N) is 2. The van der Waals surface area contributed by atoms with Gasteiger partial charge in [0.2, 0.25) is 11.8 Å². The quantitative estimate of drug-likeness (QED) is 0.827. The number of para-hydroxylation sites is 2. The number of H-pyrrole nitrogens is 1. The molecule has 0 saturated heterocycles. The normalized spacial score (nSPS) is 12.5. The van der Waals surface area contributed by atoms with Crippen molar-refractivity contribution in [2.45, 2.75) is 6.92 Å². The zero-order chi connectivity index (χ0) is 16.6. The number of nitrogens with zero attached hydrogens (tertiary/aromatic N) is 2. The Kier molecular flexibility index (Phi) is 3.56. The Balaban J connectivity index is 2.01. The van der Waals surface area contributed by atoms with Crippen LogP contribution < -0.4 is 20.5 Å². The molecule has 1 amide bonds. The monoisotopic (exact) mass is 312 g/mol. The second-order valence-corrected chi connectivity index (χ2v) is 5.17. The smallest absolute Gasteiger partial charge is 0.276 e. The molecule has 1 aromatic carbocycles. The summed E-state index contributed by atoms with van der Waals surface area (Å²) in [6.07, 6.45) is 1.50. The molecular formula is C16H16N4O3. The molecule has 0 atom stereocenters. The van der Waals surface area contributed by atoms with Gasteiger partial charge in [-0.05, 0) is 12.1 Å². The van der Waals surface area contributed by atoms with E-state index < -0.39 is 0 Å². The van der Waals surface area contributed by atoms with Crippen LogP contribution in [-0.4, -0.2) is 22.7 Å². The highest BCUT2D eigenvalue weighted by Gasteiger charge is 2.22. The molecule has 118 valence electrons. The number of anilines is 2. The number of carbonyl (C=O) groups is 1. The molecule has 1 aliphatic heterocycles. The van der Waals surface area contributed by atoms with Crippen LogP contribution in [-0.2, 0) is 11.8 Å². The molecule has 2 aromatic rings. The van der Waals surface area contributed by atoms with E-state index in [1.165, 1.54) is 17.7 Å². The van der Waals surface area contributed by atoms with Crippen LogP contribution in [0.25, 0.3) is 6.08 Å². The van der Waals surface area contributed by atoms with E-state index in [2.05, 4.69) is 16.1 Å². The second-order valence-electron chi connectivity index (χ2n) is 5.17. The first-order valence-corrected chi connectivity index (χ1v) is 7.01. The highest BCUT2D eigenvalue weighted by Crippen LogP contribution is 2.36. The molecule has 0 bridgehead atoms. The third-order valence-corrected chi connectivity index (χ3v) is 3.46. The first-order valence-electron chi connectivity index (χ1n) is 7.01. The molecule has 3 rings (SSSR count). The minimum absolute atomic E-state index is 0.264. The number of benzene rings is 1. The maximum Gasteiger partial charge on any atom is 0.276 e. The molecular weight excluding hydrogens is 296 g/mol. The van der Waals surface area contributed by atoms with Gasteiger partial charge in [-0.15, -0.1) is 0 Å². The van der Waals surface area contributed by atoms with Gasteiger partial charge in [-0.25, -0.2) is 0 Å². The summed E-state index contributed by atoms with van der Waals surface area (Å²) in [6.45, 7) is 1.38. The van der Waals surface area contributed by atoms with Gasteiger partial charge in [0, 0.05) is 27.1 Å². The fourth-order valence-electron chi connectivity index (χ4n) is 2.33. The third-order valence-electron chi connectivity index (χ3n) is 3.46. The molecule has 2 heterocycles. The second kappa shape index (κ2) is 5.55. The van der Waals surface area contributed by atoms with Crippen LogP contribution in [0, 0.1) is 0 Å². The predicted octanol–water partition coefficient (Wildman–Crippen LogP) is 1.65. The third kappa shape index (κ3) is 2.65. The molecule has 0 radical (unpaired) electrons.